The number of allylic oxidation sites excluding steroid dienone is 1. The zero-order chi connectivity index (χ0) is 27.6. The van der Waals surface area contributed by atoms with Crippen molar-refractivity contribution in [3.05, 3.63) is 70.3 Å². The van der Waals surface area contributed by atoms with Crippen molar-refractivity contribution in [1.82, 2.24) is 4.90 Å². The van der Waals surface area contributed by atoms with Crippen molar-refractivity contribution in [2.24, 2.45) is 0 Å². The lowest BCUT2D eigenvalue weighted by atomic mass is 9.70. The summed E-state index contributed by atoms with van der Waals surface area (Å²) < 4.78 is 6.47. The van der Waals surface area contributed by atoms with Crippen LogP contribution >= 0.6 is 11.6 Å². The number of hydrogen-bond acceptors (Lipinski definition) is 5. The van der Waals surface area contributed by atoms with Gasteiger partial charge in [-0.05, 0) is 85.9 Å². The van der Waals surface area contributed by atoms with Crippen LogP contribution in [0.25, 0.3) is 0 Å². The number of rotatable bonds is 1. The third-order valence-corrected chi connectivity index (χ3v) is 8.78. The maximum absolute atomic E-state index is 13.0. The molecule has 0 radical (unpaired) electrons. The number of carboxylic acids is 1. The van der Waals surface area contributed by atoms with Crippen molar-refractivity contribution < 1.29 is 24.5 Å². The number of aliphatic hydroxyl groups is 1. The minimum atomic E-state index is -2.35. The first-order valence-electron chi connectivity index (χ1n) is 13.9. The van der Waals surface area contributed by atoms with Crippen LogP contribution in [0.5, 0.6) is 5.75 Å². The number of aryl methyl sites for hydroxylation is 1. The predicted octanol–water partition coefficient (Wildman–Crippen LogP) is 5.06. The summed E-state index contributed by atoms with van der Waals surface area (Å²) in [6, 6.07) is 11.2. The monoisotopic (exact) mass is 552 g/mol. The highest BCUT2D eigenvalue weighted by atomic mass is 35.5. The zero-order valence-electron chi connectivity index (χ0n) is 22.5. The highest BCUT2D eigenvalue weighted by molar-refractivity contribution is 6.30. The van der Waals surface area contributed by atoms with E-state index < -0.39 is 23.9 Å². The number of carbonyl (C=O) groups excluding carboxylic acids is 1. The summed E-state index contributed by atoms with van der Waals surface area (Å²) >= 11 is 6.35. The van der Waals surface area contributed by atoms with E-state index in [1.165, 1.54) is 16.0 Å². The average Bonchev–Trinajstić information content (AvgIpc) is 3.06. The Bertz CT molecular complexity index is 1280. The maximum atomic E-state index is 13.0. The Hall–Kier alpha value is -3.03. The van der Waals surface area contributed by atoms with Crippen molar-refractivity contribution in [3.8, 4) is 5.75 Å². The summed E-state index contributed by atoms with van der Waals surface area (Å²) in [4.78, 5) is 29.1. The molecule has 208 valence electrons. The van der Waals surface area contributed by atoms with Crippen LogP contribution in [0, 0.1) is 0 Å². The van der Waals surface area contributed by atoms with E-state index in [1.54, 1.807) is 25.2 Å². The second-order valence-electron chi connectivity index (χ2n) is 11.2. The van der Waals surface area contributed by atoms with Crippen LogP contribution in [0.15, 0.2) is 48.6 Å². The van der Waals surface area contributed by atoms with Gasteiger partial charge in [0.2, 0.25) is 5.91 Å². The molecule has 2 heterocycles. The van der Waals surface area contributed by atoms with Gasteiger partial charge in [0, 0.05) is 37.1 Å². The van der Waals surface area contributed by atoms with Gasteiger partial charge in [-0.2, -0.15) is 0 Å². The summed E-state index contributed by atoms with van der Waals surface area (Å²) in [7, 11) is 1.64. The summed E-state index contributed by atoms with van der Waals surface area (Å²) in [5.74, 6) is -1.20. The minimum absolute atomic E-state index is 0.183. The lowest BCUT2D eigenvalue weighted by Crippen LogP contribution is -2.46. The molecule has 3 aliphatic rings. The lowest BCUT2D eigenvalue weighted by molar-refractivity contribution is -0.164. The number of ether oxygens (including phenoxy) is 1. The first kappa shape index (κ1) is 27.5. The lowest BCUT2D eigenvalue weighted by Gasteiger charge is -2.41. The maximum Gasteiger partial charge on any atom is 0.340 e. The van der Waals surface area contributed by atoms with Crippen LogP contribution < -0.4 is 9.64 Å². The van der Waals surface area contributed by atoms with Crippen LogP contribution in [0.1, 0.15) is 61.6 Å². The molecule has 5 rings (SSSR count). The van der Waals surface area contributed by atoms with Gasteiger partial charge in [-0.15, -0.1) is 0 Å². The first-order valence-corrected chi connectivity index (χ1v) is 14.3. The topological polar surface area (TPSA) is 90.3 Å². The van der Waals surface area contributed by atoms with Crippen molar-refractivity contribution in [2.75, 3.05) is 38.2 Å². The summed E-state index contributed by atoms with van der Waals surface area (Å²) in [5, 5.41) is 22.3. The molecule has 2 aromatic rings. The smallest absolute Gasteiger partial charge is 0.340 e. The van der Waals surface area contributed by atoms with Crippen molar-refractivity contribution in [1.29, 1.82) is 0 Å². The summed E-state index contributed by atoms with van der Waals surface area (Å²) in [5.41, 5.74) is 0.872. The molecule has 39 heavy (non-hydrogen) atoms. The number of benzene rings is 2. The van der Waals surface area contributed by atoms with E-state index in [0.717, 1.165) is 55.8 Å². The second kappa shape index (κ2) is 11.2. The molecule has 1 amide bonds. The van der Waals surface area contributed by atoms with Crippen LogP contribution in [0.4, 0.5) is 5.69 Å². The Morgan fingerprint density at radius 2 is 1.87 bits per heavy atom. The Kier molecular flexibility index (Phi) is 7.92. The number of anilines is 1. The van der Waals surface area contributed by atoms with Crippen molar-refractivity contribution >= 4 is 29.2 Å². The molecule has 8 heteroatoms. The molecule has 2 aliphatic heterocycles. The Morgan fingerprint density at radius 3 is 2.69 bits per heavy atom. The van der Waals surface area contributed by atoms with E-state index in [9.17, 15) is 19.8 Å². The van der Waals surface area contributed by atoms with Crippen molar-refractivity contribution in [3.63, 3.8) is 0 Å². The van der Waals surface area contributed by atoms with Gasteiger partial charge in [0.1, 0.15) is 5.75 Å². The van der Waals surface area contributed by atoms with Crippen LogP contribution in [0.2, 0.25) is 5.02 Å². The molecular formula is C31H37ClN2O5. The van der Waals surface area contributed by atoms with Crippen LogP contribution in [-0.4, -0.2) is 60.3 Å². The van der Waals surface area contributed by atoms with E-state index in [4.69, 9.17) is 16.3 Å². The first-order chi connectivity index (χ1) is 18.7. The molecule has 0 saturated carbocycles. The van der Waals surface area contributed by atoms with Crippen LogP contribution in [-0.2, 0) is 27.0 Å². The Balaban J connectivity index is 1.57. The third kappa shape index (κ3) is 5.52. The number of fused-ring (bicyclic) bond motifs is 3. The summed E-state index contributed by atoms with van der Waals surface area (Å²) in [6.07, 6.45) is 10.3. The number of hydrogen-bond donors (Lipinski definition) is 2. The minimum Gasteiger partial charge on any atom is -0.490 e. The number of halogens is 1. The van der Waals surface area contributed by atoms with Gasteiger partial charge < -0.3 is 24.7 Å². The van der Waals surface area contributed by atoms with E-state index in [0.29, 0.717) is 31.9 Å². The molecule has 2 atom stereocenters. The van der Waals surface area contributed by atoms with Crippen LogP contribution in [0.3, 0.4) is 0 Å². The van der Waals surface area contributed by atoms with Gasteiger partial charge in [-0.1, -0.05) is 35.9 Å². The fraction of sp³-hybridized carbons (Fsp3) is 0.484. The predicted molar refractivity (Wildman–Crippen MR) is 152 cm³/mol. The molecule has 1 aliphatic carbocycles. The molecule has 0 aromatic heterocycles. The zero-order valence-corrected chi connectivity index (χ0v) is 23.3. The van der Waals surface area contributed by atoms with Gasteiger partial charge >= 0.3 is 5.97 Å². The number of amides is 1. The van der Waals surface area contributed by atoms with E-state index in [2.05, 4.69) is 29.2 Å². The van der Waals surface area contributed by atoms with Gasteiger partial charge in [0.25, 0.3) is 0 Å². The van der Waals surface area contributed by atoms with E-state index in [-0.39, 0.29) is 11.0 Å². The Morgan fingerprint density at radius 1 is 1.05 bits per heavy atom. The highest BCUT2D eigenvalue weighted by Gasteiger charge is 2.44. The molecule has 0 fully saturated rings. The molecular weight excluding hydrogens is 516 g/mol. The second-order valence-corrected chi connectivity index (χ2v) is 11.7. The molecule has 2 N–H and O–H groups in total. The molecule has 1 spiro atoms. The SMILES string of the molecule is CN1CC/C=C/CCCCN2C[C@@]3(CCCc4cc(Cl)ccc43)COc3ccc(cc32)[C@@](O)(C(=O)O)CC1=O. The van der Waals surface area contributed by atoms with Gasteiger partial charge in [0.15, 0.2) is 5.60 Å². The van der Waals surface area contributed by atoms with Crippen molar-refractivity contribution in [2.45, 2.75) is 62.4 Å². The van der Waals surface area contributed by atoms with E-state index >= 15 is 0 Å². The molecule has 0 saturated heterocycles. The Labute approximate surface area is 235 Å². The molecule has 7 nitrogen and oxygen atoms in total. The fourth-order valence-corrected chi connectivity index (χ4v) is 6.45. The molecule has 0 unspecified atom stereocenters. The highest BCUT2D eigenvalue weighted by Crippen LogP contribution is 2.45. The molecule has 2 bridgehead atoms. The van der Waals surface area contributed by atoms with Gasteiger partial charge in [-0.25, -0.2) is 4.79 Å². The standard InChI is InChI=1S/C31H37ClN2O5/c1-33-15-6-4-2-3-5-7-16-34-20-30(14-8-9-22-17-24(32)11-12-25(22)30)21-39-27-13-10-23(18-26(27)34)31(38,29(36)37)19-28(33)35/h2,4,10-13,17-18,38H,3,5-9,14-16,19-21H2,1H3,(H,36,37)/b4-2+/t30-,31+/m0/s1. The average molecular weight is 553 g/mol. The number of carboxylic acid groups (broad SMARTS) is 1. The molecule has 2 aromatic carbocycles. The summed E-state index contributed by atoms with van der Waals surface area (Å²) in [6.45, 7) is 2.44. The number of nitrogens with zero attached hydrogens (tertiary/aromatic N) is 2. The van der Waals surface area contributed by atoms with Gasteiger partial charge in [0.05, 0.1) is 18.7 Å². The normalized spacial score (nSPS) is 26.9. The quantitative estimate of drug-likeness (QED) is 0.480. The third-order valence-electron chi connectivity index (χ3n) is 8.55. The fourth-order valence-electron chi connectivity index (χ4n) is 6.26. The number of carbonyl (C=O) groups is 2. The largest absolute Gasteiger partial charge is 0.490 e. The van der Waals surface area contributed by atoms with Gasteiger partial charge in [-0.3, -0.25) is 4.79 Å². The van der Waals surface area contributed by atoms with E-state index in [1.807, 2.05) is 6.07 Å². The number of aliphatic carboxylic acids is 1.